The van der Waals surface area contributed by atoms with Gasteiger partial charge in [-0.2, -0.15) is 5.10 Å². The molecule has 1 saturated carbocycles. The number of aliphatic hydroxyl groups is 1. The van der Waals surface area contributed by atoms with Gasteiger partial charge in [-0.05, 0) is 39.2 Å². The number of nitrogens with zero attached hydrogens (tertiary/aromatic N) is 2. The highest BCUT2D eigenvalue weighted by Crippen LogP contribution is 2.35. The molecule has 0 aromatic carbocycles. The van der Waals surface area contributed by atoms with Gasteiger partial charge in [0.05, 0.1) is 17.4 Å². The molecule has 1 fully saturated rings. The average Bonchev–Trinajstić information content (AvgIpc) is 2.96. The molecule has 2 rings (SSSR count). The second kappa shape index (κ2) is 7.41. The van der Waals surface area contributed by atoms with Gasteiger partial charge < -0.3 is 9.84 Å². The molecule has 4 nitrogen and oxygen atoms in total. The largest absolute Gasteiger partial charge is 0.390 e. The Morgan fingerprint density at radius 1 is 1.33 bits per heavy atom. The van der Waals surface area contributed by atoms with Crippen LogP contribution in [0.2, 0.25) is 0 Å². The molecular weight excluding hydrogens is 264 g/mol. The molecule has 1 aromatic rings. The third-order valence-corrected chi connectivity index (χ3v) is 4.85. The minimum atomic E-state index is -0.460. The summed E-state index contributed by atoms with van der Waals surface area (Å²) in [5, 5.41) is 15.3. The van der Waals surface area contributed by atoms with Gasteiger partial charge in [0, 0.05) is 25.3 Å². The Bertz CT molecular complexity index is 419. The van der Waals surface area contributed by atoms with Gasteiger partial charge in [0.25, 0.3) is 0 Å². The Balaban J connectivity index is 2.04. The van der Waals surface area contributed by atoms with E-state index in [1.54, 1.807) is 0 Å². The van der Waals surface area contributed by atoms with Gasteiger partial charge in [-0.1, -0.05) is 26.2 Å². The van der Waals surface area contributed by atoms with E-state index < -0.39 is 6.10 Å². The van der Waals surface area contributed by atoms with E-state index >= 15 is 0 Å². The van der Waals surface area contributed by atoms with E-state index in [0.29, 0.717) is 19.1 Å². The maximum atomic E-state index is 10.7. The molecule has 2 atom stereocenters. The Morgan fingerprint density at radius 2 is 2.05 bits per heavy atom. The highest BCUT2D eigenvalue weighted by Gasteiger charge is 2.40. The van der Waals surface area contributed by atoms with Crippen molar-refractivity contribution in [1.82, 2.24) is 9.78 Å². The Hall–Kier alpha value is -0.870. The van der Waals surface area contributed by atoms with E-state index in [9.17, 15) is 5.11 Å². The number of rotatable bonds is 7. The van der Waals surface area contributed by atoms with Gasteiger partial charge in [-0.3, -0.25) is 4.68 Å². The van der Waals surface area contributed by atoms with E-state index in [0.717, 1.165) is 37.8 Å². The van der Waals surface area contributed by atoms with Crippen molar-refractivity contribution in [2.45, 2.75) is 83.5 Å². The minimum Gasteiger partial charge on any atom is -0.390 e. The van der Waals surface area contributed by atoms with Crippen molar-refractivity contribution < 1.29 is 9.84 Å². The lowest BCUT2D eigenvalue weighted by Crippen LogP contribution is -2.47. The number of hydrogen-bond acceptors (Lipinski definition) is 3. The maximum absolute atomic E-state index is 10.7. The Kier molecular flexibility index (Phi) is 5.82. The molecule has 1 aliphatic rings. The van der Waals surface area contributed by atoms with Gasteiger partial charge in [0.2, 0.25) is 0 Å². The summed E-state index contributed by atoms with van der Waals surface area (Å²) in [6, 6.07) is 2.43. The lowest BCUT2D eigenvalue weighted by Gasteiger charge is -2.40. The summed E-state index contributed by atoms with van der Waals surface area (Å²) in [5.74, 6) is 0. The molecule has 0 spiro atoms. The third-order valence-electron chi connectivity index (χ3n) is 4.85. The fraction of sp³-hybridized carbons (Fsp3) is 0.824. The fourth-order valence-corrected chi connectivity index (χ4v) is 3.31. The summed E-state index contributed by atoms with van der Waals surface area (Å²) in [4.78, 5) is 0. The molecule has 1 aliphatic carbocycles. The van der Waals surface area contributed by atoms with Gasteiger partial charge in [0.15, 0.2) is 0 Å². The van der Waals surface area contributed by atoms with Gasteiger partial charge in [0.1, 0.15) is 0 Å². The first-order valence-electron chi connectivity index (χ1n) is 8.47. The number of ether oxygens (including phenoxy) is 1. The molecule has 1 aromatic heterocycles. The first kappa shape index (κ1) is 16.5. The normalized spacial score (nSPS) is 21.1. The zero-order valence-corrected chi connectivity index (χ0v) is 13.7. The molecule has 0 aliphatic heterocycles. The molecule has 0 radical (unpaired) electrons. The van der Waals surface area contributed by atoms with Crippen LogP contribution in [0, 0.1) is 0 Å². The Labute approximate surface area is 128 Å². The van der Waals surface area contributed by atoms with E-state index in [1.807, 2.05) is 23.9 Å². The summed E-state index contributed by atoms with van der Waals surface area (Å²) in [6.07, 6.45) is 8.70. The van der Waals surface area contributed by atoms with E-state index in [-0.39, 0.29) is 5.60 Å². The molecular formula is C17H30N2O2. The van der Waals surface area contributed by atoms with Crippen molar-refractivity contribution >= 4 is 0 Å². The van der Waals surface area contributed by atoms with Gasteiger partial charge >= 0.3 is 0 Å². The SMILES string of the molecule is CCOC1(C(O)Cc2ccn(C(C)CC)n2)CCCCC1. The number of aliphatic hydroxyl groups excluding tert-OH is 1. The molecule has 0 amide bonds. The van der Waals surface area contributed by atoms with E-state index in [1.165, 1.54) is 6.42 Å². The highest BCUT2D eigenvalue weighted by atomic mass is 16.5. The van der Waals surface area contributed by atoms with Gasteiger partial charge in [-0.25, -0.2) is 0 Å². The monoisotopic (exact) mass is 294 g/mol. The van der Waals surface area contributed by atoms with E-state index in [2.05, 4.69) is 18.9 Å². The van der Waals surface area contributed by atoms with Crippen molar-refractivity contribution in [2.24, 2.45) is 0 Å². The number of aromatic nitrogens is 2. The highest BCUT2D eigenvalue weighted by molar-refractivity contribution is 5.05. The second-order valence-corrected chi connectivity index (χ2v) is 6.32. The molecule has 2 unspecified atom stereocenters. The van der Waals surface area contributed by atoms with Crippen LogP contribution in [0.15, 0.2) is 12.3 Å². The standard InChI is InChI=1S/C17H30N2O2/c1-4-14(3)19-12-9-15(18-19)13-16(20)17(21-5-2)10-7-6-8-11-17/h9,12,14,16,20H,4-8,10-11,13H2,1-3H3. The van der Waals surface area contributed by atoms with Crippen molar-refractivity contribution in [1.29, 1.82) is 0 Å². The first-order valence-corrected chi connectivity index (χ1v) is 8.47. The van der Waals surface area contributed by atoms with Crippen molar-refractivity contribution in [3.05, 3.63) is 18.0 Å². The van der Waals surface area contributed by atoms with Crippen LogP contribution in [-0.2, 0) is 11.2 Å². The number of hydrogen-bond donors (Lipinski definition) is 1. The average molecular weight is 294 g/mol. The zero-order chi connectivity index (χ0) is 15.3. The zero-order valence-electron chi connectivity index (χ0n) is 13.7. The summed E-state index contributed by atoms with van der Waals surface area (Å²) < 4.78 is 7.99. The third kappa shape index (κ3) is 3.86. The van der Waals surface area contributed by atoms with Crippen LogP contribution in [-0.4, -0.2) is 33.2 Å². The van der Waals surface area contributed by atoms with Crippen LogP contribution in [0.25, 0.3) is 0 Å². The lowest BCUT2D eigenvalue weighted by atomic mass is 9.79. The predicted molar refractivity (Wildman–Crippen MR) is 84.4 cm³/mol. The van der Waals surface area contributed by atoms with E-state index in [4.69, 9.17) is 4.74 Å². The molecule has 4 heteroatoms. The second-order valence-electron chi connectivity index (χ2n) is 6.32. The van der Waals surface area contributed by atoms with Gasteiger partial charge in [-0.15, -0.1) is 0 Å². The molecule has 0 bridgehead atoms. The molecule has 1 N–H and O–H groups in total. The van der Waals surface area contributed by atoms with Crippen molar-refractivity contribution in [2.75, 3.05) is 6.61 Å². The van der Waals surface area contributed by atoms with Crippen LogP contribution in [0.5, 0.6) is 0 Å². The summed E-state index contributed by atoms with van der Waals surface area (Å²) >= 11 is 0. The van der Waals surface area contributed by atoms with Crippen LogP contribution < -0.4 is 0 Å². The predicted octanol–water partition coefficient (Wildman–Crippen LogP) is 3.50. The molecule has 1 heterocycles. The van der Waals surface area contributed by atoms with Crippen LogP contribution in [0.1, 0.15) is 71.0 Å². The van der Waals surface area contributed by atoms with Crippen LogP contribution in [0.3, 0.4) is 0 Å². The summed E-state index contributed by atoms with van der Waals surface area (Å²) in [5.41, 5.74) is 0.611. The van der Waals surface area contributed by atoms with Crippen LogP contribution >= 0.6 is 0 Å². The quantitative estimate of drug-likeness (QED) is 0.837. The van der Waals surface area contributed by atoms with Crippen LogP contribution in [0.4, 0.5) is 0 Å². The Morgan fingerprint density at radius 3 is 2.67 bits per heavy atom. The smallest absolute Gasteiger partial charge is 0.0943 e. The lowest BCUT2D eigenvalue weighted by molar-refractivity contribution is -0.139. The summed E-state index contributed by atoms with van der Waals surface area (Å²) in [6.45, 7) is 7.00. The molecule has 21 heavy (non-hydrogen) atoms. The topological polar surface area (TPSA) is 47.3 Å². The first-order chi connectivity index (χ1) is 10.1. The van der Waals surface area contributed by atoms with Crippen molar-refractivity contribution in [3.63, 3.8) is 0 Å². The molecule has 120 valence electrons. The maximum Gasteiger partial charge on any atom is 0.0943 e. The minimum absolute atomic E-state index is 0.354. The molecule has 0 saturated heterocycles. The van der Waals surface area contributed by atoms with Crippen molar-refractivity contribution in [3.8, 4) is 0 Å². The summed E-state index contributed by atoms with van der Waals surface area (Å²) in [7, 11) is 0. The fourth-order valence-electron chi connectivity index (χ4n) is 3.31.